The lowest BCUT2D eigenvalue weighted by Crippen LogP contribution is -2.53. The van der Waals surface area contributed by atoms with E-state index in [1.165, 1.54) is 0 Å². The molecule has 4 heteroatoms. The van der Waals surface area contributed by atoms with Crippen LogP contribution in [0.25, 0.3) is 0 Å². The van der Waals surface area contributed by atoms with E-state index in [1.807, 2.05) is 37.4 Å². The summed E-state index contributed by atoms with van der Waals surface area (Å²) in [6.07, 6.45) is 0. The summed E-state index contributed by atoms with van der Waals surface area (Å²) in [5.41, 5.74) is 5.82. The van der Waals surface area contributed by atoms with Crippen molar-refractivity contribution in [2.45, 2.75) is 39.0 Å². The Labute approximate surface area is 96.8 Å². The van der Waals surface area contributed by atoms with Gasteiger partial charge in [0.15, 0.2) is 0 Å². The predicted molar refractivity (Wildman–Crippen MR) is 65.9 cm³/mol. The van der Waals surface area contributed by atoms with E-state index in [4.69, 9.17) is 5.73 Å². The van der Waals surface area contributed by atoms with E-state index >= 15 is 0 Å². The summed E-state index contributed by atoms with van der Waals surface area (Å²) in [6.45, 7) is 9.88. The molecule has 15 heavy (non-hydrogen) atoms. The minimum atomic E-state index is -0.382. The quantitative estimate of drug-likeness (QED) is 0.739. The Morgan fingerprint density at radius 3 is 2.60 bits per heavy atom. The van der Waals surface area contributed by atoms with Crippen LogP contribution >= 0.6 is 11.8 Å². The summed E-state index contributed by atoms with van der Waals surface area (Å²) in [5, 5.41) is 0.537. The third kappa shape index (κ3) is 3.38. The van der Waals surface area contributed by atoms with Gasteiger partial charge in [-0.2, -0.15) is 11.8 Å². The second-order valence-corrected chi connectivity index (χ2v) is 6.86. The van der Waals surface area contributed by atoms with Gasteiger partial charge in [0, 0.05) is 24.1 Å². The fourth-order valence-electron chi connectivity index (χ4n) is 1.59. The van der Waals surface area contributed by atoms with Crippen LogP contribution in [0.4, 0.5) is 0 Å². The van der Waals surface area contributed by atoms with Gasteiger partial charge in [0.1, 0.15) is 0 Å². The van der Waals surface area contributed by atoms with Crippen molar-refractivity contribution in [3.63, 3.8) is 0 Å². The fourth-order valence-corrected chi connectivity index (χ4v) is 2.60. The van der Waals surface area contributed by atoms with Gasteiger partial charge in [-0.3, -0.25) is 4.79 Å². The van der Waals surface area contributed by atoms with E-state index in [9.17, 15) is 4.79 Å². The van der Waals surface area contributed by atoms with Gasteiger partial charge in [0.25, 0.3) is 0 Å². The lowest BCUT2D eigenvalue weighted by molar-refractivity contribution is -0.134. The Bertz CT molecular complexity index is 237. The smallest absolute Gasteiger partial charge is 0.240 e. The first-order valence-electron chi connectivity index (χ1n) is 5.48. The van der Waals surface area contributed by atoms with E-state index < -0.39 is 0 Å². The van der Waals surface area contributed by atoms with Crippen molar-refractivity contribution in [2.24, 2.45) is 11.1 Å². The van der Waals surface area contributed by atoms with Crippen molar-refractivity contribution in [3.05, 3.63) is 0 Å². The molecule has 0 radical (unpaired) electrons. The number of carbonyl (C=O) groups excluding carboxylic acids is 1. The first-order valence-corrected chi connectivity index (χ1v) is 6.53. The number of nitrogens with two attached hydrogens (primary N) is 1. The molecule has 0 saturated carbocycles. The van der Waals surface area contributed by atoms with Gasteiger partial charge in [0.05, 0.1) is 6.04 Å². The average Bonchev–Trinajstić information content (AvgIpc) is 2.14. The van der Waals surface area contributed by atoms with Crippen molar-refractivity contribution < 1.29 is 4.79 Å². The maximum Gasteiger partial charge on any atom is 0.240 e. The standard InChI is InChI=1S/C11H22N2OS/c1-8-7-13(5-6-15-8)10(14)9(12)11(2,3)4/h8-9H,5-7,12H2,1-4H3/t8?,9-/m1/s1. The van der Waals surface area contributed by atoms with Crippen LogP contribution in [0.15, 0.2) is 0 Å². The molecule has 1 heterocycles. The average molecular weight is 230 g/mol. The molecule has 0 bridgehead atoms. The van der Waals surface area contributed by atoms with E-state index in [2.05, 4.69) is 6.92 Å². The zero-order chi connectivity index (χ0) is 11.6. The molecule has 0 aromatic heterocycles. The highest BCUT2D eigenvalue weighted by atomic mass is 32.2. The molecule has 1 amide bonds. The normalized spacial score (nSPS) is 25.1. The van der Waals surface area contributed by atoms with Crippen LogP contribution in [-0.4, -0.2) is 40.9 Å². The van der Waals surface area contributed by atoms with Crippen LogP contribution in [0.3, 0.4) is 0 Å². The van der Waals surface area contributed by atoms with Crippen molar-refractivity contribution >= 4 is 17.7 Å². The van der Waals surface area contributed by atoms with Gasteiger partial charge >= 0.3 is 0 Å². The van der Waals surface area contributed by atoms with Gasteiger partial charge < -0.3 is 10.6 Å². The van der Waals surface area contributed by atoms with E-state index in [0.717, 1.165) is 18.8 Å². The molecule has 1 aliphatic heterocycles. The SMILES string of the molecule is CC1CN(C(=O)[C@@H](N)C(C)(C)C)CCS1. The number of amides is 1. The van der Waals surface area contributed by atoms with Gasteiger partial charge in [-0.05, 0) is 5.41 Å². The highest BCUT2D eigenvalue weighted by molar-refractivity contribution is 7.99. The summed E-state index contributed by atoms with van der Waals surface area (Å²) < 4.78 is 0. The molecular weight excluding hydrogens is 208 g/mol. The molecule has 1 aliphatic rings. The molecule has 0 aromatic carbocycles. The van der Waals surface area contributed by atoms with E-state index in [0.29, 0.717) is 5.25 Å². The van der Waals surface area contributed by atoms with Gasteiger partial charge in [-0.1, -0.05) is 27.7 Å². The number of carbonyl (C=O) groups is 1. The highest BCUT2D eigenvalue weighted by Gasteiger charge is 2.32. The van der Waals surface area contributed by atoms with Gasteiger partial charge in [-0.15, -0.1) is 0 Å². The minimum absolute atomic E-state index is 0.106. The van der Waals surface area contributed by atoms with Crippen LogP contribution in [0.2, 0.25) is 0 Å². The third-order valence-electron chi connectivity index (χ3n) is 2.75. The van der Waals surface area contributed by atoms with Crippen molar-refractivity contribution in [2.75, 3.05) is 18.8 Å². The minimum Gasteiger partial charge on any atom is -0.339 e. The number of thioether (sulfide) groups is 1. The van der Waals surface area contributed by atoms with Crippen LogP contribution in [-0.2, 0) is 4.79 Å². The molecule has 1 rings (SSSR count). The zero-order valence-corrected chi connectivity index (χ0v) is 10.9. The van der Waals surface area contributed by atoms with Crippen LogP contribution < -0.4 is 5.73 Å². The summed E-state index contributed by atoms with van der Waals surface area (Å²) in [5.74, 6) is 1.14. The molecule has 2 atom stereocenters. The third-order valence-corrected chi connectivity index (χ3v) is 3.89. The summed E-state index contributed by atoms with van der Waals surface area (Å²) in [6, 6.07) is -0.382. The summed E-state index contributed by atoms with van der Waals surface area (Å²) in [4.78, 5) is 14.0. The van der Waals surface area contributed by atoms with Crippen molar-refractivity contribution in [1.82, 2.24) is 4.90 Å². The number of nitrogens with zero attached hydrogens (tertiary/aromatic N) is 1. The Balaban J connectivity index is 2.60. The maximum atomic E-state index is 12.1. The van der Waals surface area contributed by atoms with E-state index in [-0.39, 0.29) is 17.4 Å². The monoisotopic (exact) mass is 230 g/mol. The predicted octanol–water partition coefficient (Wildman–Crippen LogP) is 1.32. The van der Waals surface area contributed by atoms with Gasteiger partial charge in [0.2, 0.25) is 5.91 Å². The molecule has 1 saturated heterocycles. The first-order chi connectivity index (χ1) is 6.82. The Kier molecular flexibility index (Phi) is 4.06. The largest absolute Gasteiger partial charge is 0.339 e. The molecule has 1 unspecified atom stereocenters. The topological polar surface area (TPSA) is 46.3 Å². The molecular formula is C11H22N2OS. The van der Waals surface area contributed by atoms with Crippen molar-refractivity contribution in [3.8, 4) is 0 Å². The van der Waals surface area contributed by atoms with Gasteiger partial charge in [-0.25, -0.2) is 0 Å². The van der Waals surface area contributed by atoms with E-state index in [1.54, 1.807) is 0 Å². The van der Waals surface area contributed by atoms with Crippen LogP contribution in [0.5, 0.6) is 0 Å². The highest BCUT2D eigenvalue weighted by Crippen LogP contribution is 2.23. The lowest BCUT2D eigenvalue weighted by atomic mass is 9.86. The Morgan fingerprint density at radius 2 is 2.13 bits per heavy atom. The van der Waals surface area contributed by atoms with Crippen LogP contribution in [0.1, 0.15) is 27.7 Å². The Hall–Kier alpha value is -0.220. The summed E-state index contributed by atoms with van der Waals surface area (Å²) in [7, 11) is 0. The molecule has 2 N–H and O–H groups in total. The number of hydrogen-bond acceptors (Lipinski definition) is 3. The second-order valence-electron chi connectivity index (χ2n) is 5.31. The molecule has 3 nitrogen and oxygen atoms in total. The van der Waals surface area contributed by atoms with Crippen LogP contribution in [0, 0.1) is 5.41 Å². The second kappa shape index (κ2) is 4.74. The molecule has 88 valence electrons. The first kappa shape index (κ1) is 12.8. The number of rotatable bonds is 1. The molecule has 1 fully saturated rings. The molecule has 0 aromatic rings. The lowest BCUT2D eigenvalue weighted by Gasteiger charge is -2.36. The fraction of sp³-hybridized carbons (Fsp3) is 0.909. The molecule has 0 aliphatic carbocycles. The zero-order valence-electron chi connectivity index (χ0n) is 10.1. The van der Waals surface area contributed by atoms with Crippen molar-refractivity contribution in [1.29, 1.82) is 0 Å². The Morgan fingerprint density at radius 1 is 1.53 bits per heavy atom. The maximum absolute atomic E-state index is 12.1. The summed E-state index contributed by atoms with van der Waals surface area (Å²) >= 11 is 1.92. The number of hydrogen-bond donors (Lipinski definition) is 1. The molecule has 0 spiro atoms.